The molecule has 2 fully saturated rings. The normalized spacial score (nSPS) is 23.8. The van der Waals surface area contributed by atoms with Gasteiger partial charge >= 0.3 is 6.09 Å². The van der Waals surface area contributed by atoms with Gasteiger partial charge in [0.2, 0.25) is 5.91 Å². The Labute approximate surface area is 173 Å². The smallest absolute Gasteiger partial charge is 0.410 e. The molecule has 0 aliphatic carbocycles. The van der Waals surface area contributed by atoms with Gasteiger partial charge in [0.25, 0.3) is 0 Å². The van der Waals surface area contributed by atoms with Crippen LogP contribution in [0.3, 0.4) is 0 Å². The van der Waals surface area contributed by atoms with Crippen LogP contribution in [-0.4, -0.2) is 30.1 Å². The zero-order valence-corrected chi connectivity index (χ0v) is 16.5. The predicted octanol–water partition coefficient (Wildman–Crippen LogP) is 4.65. The third-order valence-corrected chi connectivity index (χ3v) is 6.58. The molecule has 5 rings (SSSR count). The van der Waals surface area contributed by atoms with Crippen LogP contribution in [-0.2, 0) is 9.53 Å². The summed E-state index contributed by atoms with van der Waals surface area (Å²) in [7, 11) is 0. The number of rotatable bonds is 5. The van der Waals surface area contributed by atoms with Crippen molar-refractivity contribution in [1.82, 2.24) is 4.90 Å². The molecule has 0 bridgehead atoms. The first-order valence-corrected chi connectivity index (χ1v) is 10.5. The number of amides is 2. The fourth-order valence-electron chi connectivity index (χ4n) is 4.20. The van der Waals surface area contributed by atoms with E-state index in [1.165, 1.54) is 0 Å². The van der Waals surface area contributed by atoms with Gasteiger partial charge in [-0.25, -0.2) is 4.79 Å². The Balaban J connectivity index is 1.44. The SMILES string of the molecule is O=C1OC[C@H](c2ccccc2)N1C[C@@H]1C(=O)N(c2ccccc2)[C@@H]1c1cccs1. The molecule has 29 heavy (non-hydrogen) atoms. The van der Waals surface area contributed by atoms with Crippen molar-refractivity contribution >= 4 is 29.0 Å². The van der Waals surface area contributed by atoms with Crippen LogP contribution in [0.2, 0.25) is 0 Å². The number of carbonyl (C=O) groups excluding carboxylic acids is 2. The number of ether oxygens (including phenoxy) is 1. The fraction of sp³-hybridized carbons (Fsp3) is 0.217. The molecular weight excluding hydrogens is 384 g/mol. The number of cyclic esters (lactones) is 1. The molecule has 2 saturated heterocycles. The number of benzene rings is 2. The van der Waals surface area contributed by atoms with E-state index in [4.69, 9.17) is 4.74 Å². The van der Waals surface area contributed by atoms with Crippen LogP contribution in [0.15, 0.2) is 78.2 Å². The van der Waals surface area contributed by atoms with E-state index in [0.29, 0.717) is 13.2 Å². The Morgan fingerprint density at radius 2 is 1.66 bits per heavy atom. The lowest BCUT2D eigenvalue weighted by Crippen LogP contribution is -2.58. The summed E-state index contributed by atoms with van der Waals surface area (Å²) in [6, 6.07) is 23.4. The second-order valence-corrected chi connectivity index (χ2v) is 8.25. The number of anilines is 1. The maximum Gasteiger partial charge on any atom is 0.410 e. The van der Waals surface area contributed by atoms with Gasteiger partial charge in [-0.3, -0.25) is 9.69 Å². The number of carbonyl (C=O) groups is 2. The minimum Gasteiger partial charge on any atom is -0.447 e. The second-order valence-electron chi connectivity index (χ2n) is 7.27. The van der Waals surface area contributed by atoms with Gasteiger partial charge in [0, 0.05) is 17.1 Å². The van der Waals surface area contributed by atoms with Gasteiger partial charge in [-0.15, -0.1) is 11.3 Å². The molecule has 3 aromatic rings. The maximum absolute atomic E-state index is 13.2. The third kappa shape index (κ3) is 3.09. The number of para-hydroxylation sites is 1. The molecule has 0 N–H and O–H groups in total. The van der Waals surface area contributed by atoms with Crippen LogP contribution in [0.4, 0.5) is 10.5 Å². The Morgan fingerprint density at radius 3 is 2.34 bits per heavy atom. The summed E-state index contributed by atoms with van der Waals surface area (Å²) in [5, 5.41) is 2.02. The lowest BCUT2D eigenvalue weighted by Gasteiger charge is -2.48. The van der Waals surface area contributed by atoms with Crippen LogP contribution >= 0.6 is 11.3 Å². The van der Waals surface area contributed by atoms with Crippen molar-refractivity contribution < 1.29 is 14.3 Å². The van der Waals surface area contributed by atoms with Gasteiger partial charge in [-0.2, -0.15) is 0 Å². The van der Waals surface area contributed by atoms with Crippen LogP contribution in [0, 0.1) is 5.92 Å². The molecule has 3 atom stereocenters. The maximum atomic E-state index is 13.2. The molecule has 2 amide bonds. The van der Waals surface area contributed by atoms with Gasteiger partial charge in [0.1, 0.15) is 6.61 Å². The average Bonchev–Trinajstić information content (AvgIpc) is 3.41. The highest BCUT2D eigenvalue weighted by atomic mass is 32.1. The highest BCUT2D eigenvalue weighted by Crippen LogP contribution is 2.46. The van der Waals surface area contributed by atoms with Gasteiger partial charge < -0.3 is 9.64 Å². The molecule has 2 aromatic carbocycles. The summed E-state index contributed by atoms with van der Waals surface area (Å²) in [6.07, 6.45) is -0.352. The molecule has 0 unspecified atom stereocenters. The van der Waals surface area contributed by atoms with E-state index in [0.717, 1.165) is 16.1 Å². The van der Waals surface area contributed by atoms with E-state index in [1.54, 1.807) is 16.2 Å². The molecule has 0 spiro atoms. The summed E-state index contributed by atoms with van der Waals surface area (Å²) in [5.41, 5.74) is 1.91. The highest BCUT2D eigenvalue weighted by molar-refractivity contribution is 7.10. The lowest BCUT2D eigenvalue weighted by molar-refractivity contribution is -0.131. The highest BCUT2D eigenvalue weighted by Gasteiger charge is 2.51. The fourth-order valence-corrected chi connectivity index (χ4v) is 5.08. The Hall–Kier alpha value is -3.12. The van der Waals surface area contributed by atoms with Gasteiger partial charge in [-0.1, -0.05) is 54.6 Å². The van der Waals surface area contributed by atoms with E-state index in [2.05, 4.69) is 6.07 Å². The first-order valence-electron chi connectivity index (χ1n) is 9.64. The molecule has 2 aliphatic heterocycles. The van der Waals surface area contributed by atoms with E-state index >= 15 is 0 Å². The molecule has 0 radical (unpaired) electrons. The number of thiophene rings is 1. The van der Waals surface area contributed by atoms with Crippen LogP contribution in [0.5, 0.6) is 0 Å². The van der Waals surface area contributed by atoms with Crippen molar-refractivity contribution in [1.29, 1.82) is 0 Å². The summed E-state index contributed by atoms with van der Waals surface area (Å²) >= 11 is 1.64. The summed E-state index contributed by atoms with van der Waals surface area (Å²) in [5.74, 6) is -0.244. The molecule has 5 nitrogen and oxygen atoms in total. The average molecular weight is 404 g/mol. The van der Waals surface area contributed by atoms with Crippen molar-refractivity contribution in [3.63, 3.8) is 0 Å². The number of hydrogen-bond donors (Lipinski definition) is 0. The monoisotopic (exact) mass is 404 g/mol. The summed E-state index contributed by atoms with van der Waals surface area (Å²) in [6.45, 7) is 0.666. The van der Waals surface area contributed by atoms with Crippen LogP contribution in [0.25, 0.3) is 0 Å². The standard InChI is InChI=1S/C23H20N2O3S/c26-22-18(14-24-19(15-28-23(24)27)16-8-3-1-4-9-16)21(20-12-7-13-29-20)25(22)17-10-5-2-6-11-17/h1-13,18-19,21H,14-15H2/t18-,19+,21-/m0/s1. The van der Waals surface area contributed by atoms with Crippen LogP contribution in [0.1, 0.15) is 22.5 Å². The molecular formula is C23H20N2O3S. The molecule has 3 heterocycles. The zero-order chi connectivity index (χ0) is 19.8. The molecule has 0 saturated carbocycles. The minimum absolute atomic E-state index is 0.0427. The van der Waals surface area contributed by atoms with Gasteiger partial charge in [-0.05, 0) is 29.1 Å². The Kier molecular flexibility index (Phi) is 4.56. The van der Waals surface area contributed by atoms with Crippen molar-refractivity contribution in [2.45, 2.75) is 12.1 Å². The number of nitrogens with zero attached hydrogens (tertiary/aromatic N) is 2. The number of β-lactam (4-membered cyclic amide) rings is 1. The molecule has 6 heteroatoms. The largest absolute Gasteiger partial charge is 0.447 e. The topological polar surface area (TPSA) is 49.9 Å². The third-order valence-electron chi connectivity index (χ3n) is 5.64. The van der Waals surface area contributed by atoms with Crippen molar-refractivity contribution in [2.24, 2.45) is 5.92 Å². The van der Waals surface area contributed by atoms with Crippen molar-refractivity contribution in [3.8, 4) is 0 Å². The summed E-state index contributed by atoms with van der Waals surface area (Å²) < 4.78 is 5.34. The minimum atomic E-state index is -0.352. The van der Waals surface area contributed by atoms with E-state index in [9.17, 15) is 9.59 Å². The Bertz CT molecular complexity index is 1010. The number of hydrogen-bond acceptors (Lipinski definition) is 4. The van der Waals surface area contributed by atoms with Crippen LogP contribution < -0.4 is 4.90 Å². The summed E-state index contributed by atoms with van der Waals surface area (Å²) in [4.78, 5) is 30.3. The van der Waals surface area contributed by atoms with Crippen molar-refractivity contribution in [3.05, 3.63) is 88.6 Å². The van der Waals surface area contributed by atoms with E-state index < -0.39 is 0 Å². The quantitative estimate of drug-likeness (QED) is 0.582. The van der Waals surface area contributed by atoms with Gasteiger partial charge in [0.05, 0.1) is 18.0 Å². The lowest BCUT2D eigenvalue weighted by atomic mass is 9.84. The van der Waals surface area contributed by atoms with Gasteiger partial charge in [0.15, 0.2) is 0 Å². The second kappa shape index (κ2) is 7.37. The molecule has 2 aliphatic rings. The van der Waals surface area contributed by atoms with Crippen molar-refractivity contribution in [2.75, 3.05) is 18.1 Å². The Morgan fingerprint density at radius 1 is 0.931 bits per heavy atom. The van der Waals surface area contributed by atoms with E-state index in [1.807, 2.05) is 77.0 Å². The van der Waals surface area contributed by atoms with E-state index in [-0.39, 0.29) is 30.0 Å². The first kappa shape index (κ1) is 17.9. The predicted molar refractivity (Wildman–Crippen MR) is 112 cm³/mol. The molecule has 146 valence electrons. The molecule has 1 aromatic heterocycles. The zero-order valence-electron chi connectivity index (χ0n) is 15.7. The first-order chi connectivity index (χ1) is 14.2.